The van der Waals surface area contributed by atoms with E-state index in [-0.39, 0.29) is 11.4 Å². The van der Waals surface area contributed by atoms with Gasteiger partial charge < -0.3 is 0 Å². The highest BCUT2D eigenvalue weighted by Crippen LogP contribution is 2.32. The summed E-state index contributed by atoms with van der Waals surface area (Å²) in [6, 6.07) is 18.0. The van der Waals surface area contributed by atoms with Gasteiger partial charge in [-0.25, -0.2) is 9.97 Å². The summed E-state index contributed by atoms with van der Waals surface area (Å²) in [6.45, 7) is 0. The SMILES string of the molecule is N#Cc1nc(-c2cccc(Cl)c2)c(-c2cccc(Cl)c2)nc1C#N. The lowest BCUT2D eigenvalue weighted by molar-refractivity contribution is 1.14. The molecule has 24 heavy (non-hydrogen) atoms. The number of hydrogen-bond donors (Lipinski definition) is 0. The fraction of sp³-hybridized carbons (Fsp3) is 0. The Bertz CT molecular complexity index is 934. The molecule has 0 aliphatic carbocycles. The minimum absolute atomic E-state index is 0.0294. The van der Waals surface area contributed by atoms with Crippen LogP contribution in [0.25, 0.3) is 22.5 Å². The molecular formula is C18H8Cl2N4. The van der Waals surface area contributed by atoms with Crippen LogP contribution in [0.5, 0.6) is 0 Å². The molecule has 0 spiro atoms. The van der Waals surface area contributed by atoms with Gasteiger partial charge in [0.1, 0.15) is 12.1 Å². The molecule has 1 aromatic heterocycles. The average Bonchev–Trinajstić information content (AvgIpc) is 2.60. The Balaban J connectivity index is 2.34. The molecule has 0 fully saturated rings. The Morgan fingerprint density at radius 2 is 1.12 bits per heavy atom. The number of benzene rings is 2. The van der Waals surface area contributed by atoms with E-state index >= 15 is 0 Å². The van der Waals surface area contributed by atoms with Gasteiger partial charge in [0.15, 0.2) is 11.4 Å². The Morgan fingerprint density at radius 1 is 0.708 bits per heavy atom. The number of halogens is 2. The van der Waals surface area contributed by atoms with E-state index in [4.69, 9.17) is 23.2 Å². The molecule has 0 amide bonds. The van der Waals surface area contributed by atoms with Gasteiger partial charge in [-0.05, 0) is 24.3 Å². The highest BCUT2D eigenvalue weighted by Gasteiger charge is 2.17. The van der Waals surface area contributed by atoms with Gasteiger partial charge in [-0.15, -0.1) is 0 Å². The summed E-state index contributed by atoms with van der Waals surface area (Å²) >= 11 is 12.1. The molecule has 0 aliphatic rings. The summed E-state index contributed by atoms with van der Waals surface area (Å²) in [5, 5.41) is 19.5. The van der Waals surface area contributed by atoms with Gasteiger partial charge >= 0.3 is 0 Å². The van der Waals surface area contributed by atoms with Crippen LogP contribution in [-0.4, -0.2) is 9.97 Å². The predicted octanol–water partition coefficient (Wildman–Crippen LogP) is 4.86. The van der Waals surface area contributed by atoms with E-state index in [0.29, 0.717) is 32.6 Å². The minimum Gasteiger partial charge on any atom is -0.232 e. The van der Waals surface area contributed by atoms with Gasteiger partial charge in [-0.2, -0.15) is 10.5 Å². The molecule has 0 bridgehead atoms. The molecule has 6 heteroatoms. The Hall–Kier alpha value is -2.92. The first kappa shape index (κ1) is 16.0. The van der Waals surface area contributed by atoms with E-state index < -0.39 is 0 Å². The van der Waals surface area contributed by atoms with Gasteiger partial charge in [-0.3, -0.25) is 0 Å². The van der Waals surface area contributed by atoms with Crippen molar-refractivity contribution in [2.45, 2.75) is 0 Å². The van der Waals surface area contributed by atoms with Crippen LogP contribution >= 0.6 is 23.2 Å². The van der Waals surface area contributed by atoms with Crippen LogP contribution in [-0.2, 0) is 0 Å². The van der Waals surface area contributed by atoms with E-state index in [1.165, 1.54) is 0 Å². The third-order valence-corrected chi connectivity index (χ3v) is 3.77. The van der Waals surface area contributed by atoms with Crippen LogP contribution in [0, 0.1) is 22.7 Å². The van der Waals surface area contributed by atoms with E-state index in [2.05, 4.69) is 9.97 Å². The van der Waals surface area contributed by atoms with Crippen LogP contribution < -0.4 is 0 Å². The second-order valence-corrected chi connectivity index (χ2v) is 5.74. The Labute approximate surface area is 148 Å². The van der Waals surface area contributed by atoms with Crippen molar-refractivity contribution in [2.24, 2.45) is 0 Å². The Morgan fingerprint density at radius 3 is 1.46 bits per heavy atom. The molecule has 114 valence electrons. The highest BCUT2D eigenvalue weighted by atomic mass is 35.5. The number of hydrogen-bond acceptors (Lipinski definition) is 4. The molecule has 3 rings (SSSR count). The van der Waals surface area contributed by atoms with Gasteiger partial charge in [0.05, 0.1) is 11.4 Å². The largest absolute Gasteiger partial charge is 0.232 e. The van der Waals surface area contributed by atoms with Gasteiger partial charge in [-0.1, -0.05) is 47.5 Å². The smallest absolute Gasteiger partial charge is 0.177 e. The normalized spacial score (nSPS) is 10.0. The first-order chi connectivity index (χ1) is 11.6. The summed E-state index contributed by atoms with van der Waals surface area (Å²) in [7, 11) is 0. The summed E-state index contributed by atoms with van der Waals surface area (Å²) in [5.41, 5.74) is 2.28. The molecule has 3 aromatic rings. The number of rotatable bonds is 2. The number of nitrogens with zero attached hydrogens (tertiary/aromatic N) is 4. The number of aromatic nitrogens is 2. The van der Waals surface area contributed by atoms with Crippen molar-refractivity contribution in [1.29, 1.82) is 10.5 Å². The minimum atomic E-state index is -0.0294. The fourth-order valence-corrected chi connectivity index (χ4v) is 2.65. The molecule has 0 radical (unpaired) electrons. The lowest BCUT2D eigenvalue weighted by atomic mass is 10.0. The highest BCUT2D eigenvalue weighted by molar-refractivity contribution is 6.31. The van der Waals surface area contributed by atoms with Crippen molar-refractivity contribution in [3.8, 4) is 34.7 Å². The van der Waals surface area contributed by atoms with Crippen molar-refractivity contribution < 1.29 is 0 Å². The van der Waals surface area contributed by atoms with Crippen molar-refractivity contribution in [3.05, 3.63) is 70.0 Å². The second kappa shape index (κ2) is 6.68. The summed E-state index contributed by atoms with van der Waals surface area (Å²) in [4.78, 5) is 8.66. The zero-order chi connectivity index (χ0) is 17.1. The molecule has 0 unspecified atom stereocenters. The van der Waals surface area contributed by atoms with E-state index in [1.54, 1.807) is 36.4 Å². The average molecular weight is 351 g/mol. The van der Waals surface area contributed by atoms with Crippen molar-refractivity contribution in [2.75, 3.05) is 0 Å². The van der Waals surface area contributed by atoms with E-state index in [9.17, 15) is 10.5 Å². The monoisotopic (exact) mass is 350 g/mol. The molecule has 0 N–H and O–H groups in total. The van der Waals surface area contributed by atoms with Crippen molar-refractivity contribution in [3.63, 3.8) is 0 Å². The zero-order valence-corrected chi connectivity index (χ0v) is 13.7. The first-order valence-corrected chi connectivity index (χ1v) is 7.62. The van der Waals surface area contributed by atoms with E-state index in [1.807, 2.05) is 24.3 Å². The van der Waals surface area contributed by atoms with Crippen molar-refractivity contribution >= 4 is 23.2 Å². The molecule has 0 saturated carbocycles. The van der Waals surface area contributed by atoms with E-state index in [0.717, 1.165) is 0 Å². The molecular weight excluding hydrogens is 343 g/mol. The molecule has 4 nitrogen and oxygen atoms in total. The predicted molar refractivity (Wildman–Crippen MR) is 92.4 cm³/mol. The summed E-state index contributed by atoms with van der Waals surface area (Å²) < 4.78 is 0. The topological polar surface area (TPSA) is 73.4 Å². The van der Waals surface area contributed by atoms with Gasteiger partial charge in [0.2, 0.25) is 0 Å². The third-order valence-electron chi connectivity index (χ3n) is 3.30. The number of nitriles is 2. The lowest BCUT2D eigenvalue weighted by Crippen LogP contribution is -2.01. The first-order valence-electron chi connectivity index (χ1n) is 6.86. The maximum Gasteiger partial charge on any atom is 0.177 e. The maximum absolute atomic E-state index is 9.23. The van der Waals surface area contributed by atoms with Gasteiger partial charge in [0.25, 0.3) is 0 Å². The molecule has 0 aliphatic heterocycles. The maximum atomic E-state index is 9.23. The van der Waals surface area contributed by atoms with Crippen LogP contribution in [0.2, 0.25) is 10.0 Å². The fourth-order valence-electron chi connectivity index (χ4n) is 2.27. The lowest BCUT2D eigenvalue weighted by Gasteiger charge is -2.10. The van der Waals surface area contributed by atoms with Crippen molar-refractivity contribution in [1.82, 2.24) is 9.97 Å². The molecule has 2 aromatic carbocycles. The van der Waals surface area contributed by atoms with Crippen LogP contribution in [0.3, 0.4) is 0 Å². The standard InChI is InChI=1S/C18H8Cl2N4/c19-13-5-1-3-11(7-13)17-18(12-4-2-6-14(20)8-12)24-16(10-22)15(9-21)23-17/h1-8H. The molecule has 0 atom stereocenters. The summed E-state index contributed by atoms with van der Waals surface area (Å²) in [6.07, 6.45) is 0. The van der Waals surface area contributed by atoms with Crippen LogP contribution in [0.4, 0.5) is 0 Å². The molecule has 1 heterocycles. The third kappa shape index (κ3) is 3.07. The second-order valence-electron chi connectivity index (χ2n) is 4.86. The van der Waals surface area contributed by atoms with Gasteiger partial charge in [0, 0.05) is 21.2 Å². The Kier molecular flexibility index (Phi) is 4.44. The zero-order valence-electron chi connectivity index (χ0n) is 12.2. The van der Waals surface area contributed by atoms with Crippen LogP contribution in [0.15, 0.2) is 48.5 Å². The summed E-state index contributed by atoms with van der Waals surface area (Å²) in [5.74, 6) is 0. The van der Waals surface area contributed by atoms with Crippen LogP contribution in [0.1, 0.15) is 11.4 Å². The quantitative estimate of drug-likeness (QED) is 0.661. The molecule has 0 saturated heterocycles.